The van der Waals surface area contributed by atoms with Crippen molar-refractivity contribution in [2.45, 2.75) is 64.0 Å². The Morgan fingerprint density at radius 1 is 1.31 bits per heavy atom. The zero-order valence-electron chi connectivity index (χ0n) is 15.3. The molecule has 2 aliphatic carbocycles. The third-order valence-electron chi connectivity index (χ3n) is 6.59. The molecule has 3 N–H and O–H groups in total. The van der Waals surface area contributed by atoms with Crippen LogP contribution >= 0.6 is 11.6 Å². The monoisotopic (exact) mass is 374 g/mol. The van der Waals surface area contributed by atoms with Gasteiger partial charge in [-0.2, -0.15) is 0 Å². The third-order valence-corrected chi connectivity index (χ3v) is 6.88. The van der Waals surface area contributed by atoms with Crippen molar-refractivity contribution in [3.8, 4) is 5.75 Å². The molecule has 0 bridgehead atoms. The highest BCUT2D eigenvalue weighted by Gasteiger charge is 2.45. The van der Waals surface area contributed by atoms with E-state index < -0.39 is 0 Å². The maximum absolute atomic E-state index is 11.9. The number of fused-ring (bicyclic) bond motifs is 1. The van der Waals surface area contributed by atoms with Gasteiger partial charge in [0.25, 0.3) is 5.56 Å². The summed E-state index contributed by atoms with van der Waals surface area (Å²) >= 11 is 6.38. The van der Waals surface area contributed by atoms with Crippen LogP contribution in [0.15, 0.2) is 29.2 Å². The number of aromatic amines is 1. The summed E-state index contributed by atoms with van der Waals surface area (Å²) < 4.78 is 6.24. The second kappa shape index (κ2) is 6.90. The second-order valence-electron chi connectivity index (χ2n) is 8.07. The molecule has 2 aromatic rings. The fourth-order valence-corrected chi connectivity index (χ4v) is 4.83. The van der Waals surface area contributed by atoms with E-state index in [1.54, 1.807) is 12.3 Å². The standard InChI is InChI=1S/C21H27ClN2O2/c1-2-21(19(23)13-3-4-13)8-5-15(6-9-21)26-18-11-14-7-10-24-20(25)16(14)12-17(18)22/h7,10-13,15,19H,2-6,8-9,23H2,1H3,(H,24,25). The Morgan fingerprint density at radius 2 is 2.04 bits per heavy atom. The predicted molar refractivity (Wildman–Crippen MR) is 106 cm³/mol. The lowest BCUT2D eigenvalue weighted by atomic mass is 9.65. The molecule has 2 saturated carbocycles. The van der Waals surface area contributed by atoms with Crippen LogP contribution in [0.2, 0.25) is 5.02 Å². The summed E-state index contributed by atoms with van der Waals surface area (Å²) in [5.74, 6) is 1.41. The number of nitrogens with one attached hydrogen (secondary N) is 1. The van der Waals surface area contributed by atoms with E-state index in [2.05, 4.69) is 11.9 Å². The van der Waals surface area contributed by atoms with E-state index in [9.17, 15) is 4.79 Å². The molecule has 4 rings (SSSR count). The van der Waals surface area contributed by atoms with Crippen LogP contribution in [0.3, 0.4) is 0 Å². The zero-order chi connectivity index (χ0) is 18.3. The Bertz CT molecular complexity index is 851. The number of aromatic nitrogens is 1. The molecular formula is C21H27ClN2O2. The molecule has 140 valence electrons. The van der Waals surface area contributed by atoms with Crippen molar-refractivity contribution < 1.29 is 4.74 Å². The van der Waals surface area contributed by atoms with E-state index in [0.717, 1.165) is 43.4 Å². The maximum Gasteiger partial charge on any atom is 0.255 e. The van der Waals surface area contributed by atoms with Crippen molar-refractivity contribution in [1.29, 1.82) is 0 Å². The van der Waals surface area contributed by atoms with Gasteiger partial charge in [-0.25, -0.2) is 0 Å². The van der Waals surface area contributed by atoms with Gasteiger partial charge >= 0.3 is 0 Å². The molecule has 2 aliphatic rings. The van der Waals surface area contributed by atoms with E-state index in [1.165, 1.54) is 12.8 Å². The van der Waals surface area contributed by atoms with Crippen molar-refractivity contribution in [1.82, 2.24) is 4.98 Å². The van der Waals surface area contributed by atoms with E-state index in [4.69, 9.17) is 22.1 Å². The third kappa shape index (κ3) is 3.25. The minimum Gasteiger partial charge on any atom is -0.489 e. The van der Waals surface area contributed by atoms with Gasteiger partial charge in [-0.3, -0.25) is 4.79 Å². The number of benzene rings is 1. The molecule has 4 nitrogen and oxygen atoms in total. The molecule has 0 amide bonds. The predicted octanol–water partition coefficient (Wildman–Crippen LogP) is 4.64. The molecule has 0 saturated heterocycles. The second-order valence-corrected chi connectivity index (χ2v) is 8.48. The van der Waals surface area contributed by atoms with E-state index in [1.807, 2.05) is 12.1 Å². The average Bonchev–Trinajstić information content (AvgIpc) is 3.49. The summed E-state index contributed by atoms with van der Waals surface area (Å²) in [6.45, 7) is 2.28. The lowest BCUT2D eigenvalue weighted by Gasteiger charge is -2.44. The van der Waals surface area contributed by atoms with Gasteiger partial charge in [0.1, 0.15) is 5.75 Å². The SMILES string of the molecule is CCC1(C(N)C2CC2)CCC(Oc2cc3cc[nH]c(=O)c3cc2Cl)CC1. The number of H-pyrrole nitrogens is 1. The van der Waals surface area contributed by atoms with Crippen LogP contribution in [0.4, 0.5) is 0 Å². The van der Waals surface area contributed by atoms with Gasteiger partial charge in [-0.15, -0.1) is 0 Å². The van der Waals surface area contributed by atoms with Crippen molar-refractivity contribution in [2.24, 2.45) is 17.1 Å². The summed E-state index contributed by atoms with van der Waals surface area (Å²) in [4.78, 5) is 14.6. The minimum absolute atomic E-state index is 0.129. The lowest BCUT2D eigenvalue weighted by Crippen LogP contribution is -2.46. The number of hydrogen-bond donors (Lipinski definition) is 2. The molecule has 0 radical (unpaired) electrons. The van der Waals surface area contributed by atoms with E-state index in [0.29, 0.717) is 22.2 Å². The van der Waals surface area contributed by atoms with Crippen LogP contribution in [0, 0.1) is 11.3 Å². The molecule has 1 unspecified atom stereocenters. The first kappa shape index (κ1) is 17.9. The summed E-state index contributed by atoms with van der Waals surface area (Å²) in [7, 11) is 0. The first-order chi connectivity index (χ1) is 12.5. The zero-order valence-corrected chi connectivity index (χ0v) is 16.0. The summed E-state index contributed by atoms with van der Waals surface area (Å²) in [5, 5.41) is 1.94. The van der Waals surface area contributed by atoms with Gasteiger partial charge in [-0.05, 0) is 79.9 Å². The van der Waals surface area contributed by atoms with Crippen LogP contribution in [0.5, 0.6) is 5.75 Å². The molecule has 1 aromatic heterocycles. The molecule has 0 spiro atoms. The summed E-state index contributed by atoms with van der Waals surface area (Å²) in [6, 6.07) is 5.79. The van der Waals surface area contributed by atoms with Crippen LogP contribution in [0.1, 0.15) is 51.9 Å². The Kier molecular flexibility index (Phi) is 4.74. The molecule has 1 atom stereocenters. The van der Waals surface area contributed by atoms with Gasteiger partial charge < -0.3 is 15.5 Å². The van der Waals surface area contributed by atoms with Gasteiger partial charge in [0.05, 0.1) is 11.1 Å². The number of ether oxygens (including phenoxy) is 1. The fourth-order valence-electron chi connectivity index (χ4n) is 4.62. The Balaban J connectivity index is 1.48. The van der Waals surface area contributed by atoms with Crippen LogP contribution in [-0.4, -0.2) is 17.1 Å². The Hall–Kier alpha value is -1.52. The van der Waals surface area contributed by atoms with Crippen LogP contribution < -0.4 is 16.0 Å². The number of halogens is 1. The molecule has 1 heterocycles. The lowest BCUT2D eigenvalue weighted by molar-refractivity contribution is 0.0524. The molecular weight excluding hydrogens is 348 g/mol. The first-order valence-corrected chi connectivity index (χ1v) is 10.1. The van der Waals surface area contributed by atoms with Gasteiger partial charge in [-0.1, -0.05) is 18.5 Å². The molecule has 1 aromatic carbocycles. The normalized spacial score (nSPS) is 27.4. The number of pyridine rings is 1. The highest BCUT2D eigenvalue weighted by atomic mass is 35.5. The number of rotatable bonds is 5. The van der Waals surface area contributed by atoms with E-state index >= 15 is 0 Å². The topological polar surface area (TPSA) is 68.1 Å². The fraction of sp³-hybridized carbons (Fsp3) is 0.571. The Labute approximate surface area is 159 Å². The molecule has 2 fully saturated rings. The molecule has 0 aliphatic heterocycles. The smallest absolute Gasteiger partial charge is 0.255 e. The summed E-state index contributed by atoms with van der Waals surface area (Å²) in [6.07, 6.45) is 9.83. The van der Waals surface area contributed by atoms with Crippen molar-refractivity contribution in [3.05, 3.63) is 39.8 Å². The first-order valence-electron chi connectivity index (χ1n) is 9.75. The van der Waals surface area contributed by atoms with Gasteiger partial charge in [0, 0.05) is 17.6 Å². The van der Waals surface area contributed by atoms with Crippen molar-refractivity contribution in [2.75, 3.05) is 0 Å². The number of hydrogen-bond acceptors (Lipinski definition) is 3. The highest BCUT2D eigenvalue weighted by molar-refractivity contribution is 6.32. The van der Waals surface area contributed by atoms with Gasteiger partial charge in [0.2, 0.25) is 0 Å². The van der Waals surface area contributed by atoms with Gasteiger partial charge in [0.15, 0.2) is 0 Å². The quantitative estimate of drug-likeness (QED) is 0.801. The number of nitrogens with two attached hydrogens (primary N) is 1. The maximum atomic E-state index is 11.9. The van der Waals surface area contributed by atoms with Crippen molar-refractivity contribution in [3.63, 3.8) is 0 Å². The van der Waals surface area contributed by atoms with Crippen LogP contribution in [0.25, 0.3) is 10.8 Å². The average molecular weight is 375 g/mol. The molecule has 5 heteroatoms. The Morgan fingerprint density at radius 3 is 2.69 bits per heavy atom. The highest BCUT2D eigenvalue weighted by Crippen LogP contribution is 2.49. The molecule has 26 heavy (non-hydrogen) atoms. The van der Waals surface area contributed by atoms with Crippen LogP contribution in [-0.2, 0) is 0 Å². The van der Waals surface area contributed by atoms with E-state index in [-0.39, 0.29) is 17.1 Å². The van der Waals surface area contributed by atoms with Crippen molar-refractivity contribution >= 4 is 22.4 Å². The summed E-state index contributed by atoms with van der Waals surface area (Å²) in [5.41, 5.74) is 6.75. The minimum atomic E-state index is -0.129. The largest absolute Gasteiger partial charge is 0.489 e.